The van der Waals surface area contributed by atoms with E-state index in [1.54, 1.807) is 4.90 Å². The second-order valence-electron chi connectivity index (χ2n) is 4.69. The monoisotopic (exact) mass is 249 g/mol. The zero-order valence-corrected chi connectivity index (χ0v) is 10.5. The number of piperidine rings is 1. The van der Waals surface area contributed by atoms with E-state index in [-0.39, 0.29) is 12.5 Å². The molecule has 1 saturated heterocycles. The van der Waals surface area contributed by atoms with Gasteiger partial charge in [-0.1, -0.05) is 25.1 Å². The van der Waals surface area contributed by atoms with Crippen molar-refractivity contribution in [3.05, 3.63) is 35.4 Å². The molecule has 1 aromatic carbocycles. The van der Waals surface area contributed by atoms with Crippen LogP contribution in [0.5, 0.6) is 0 Å². The quantitative estimate of drug-likeness (QED) is 0.815. The smallest absolute Gasteiger partial charge is 0.254 e. The van der Waals surface area contributed by atoms with Crippen LogP contribution in [-0.2, 0) is 6.42 Å². The number of hydrogen-bond acceptors (Lipinski definition) is 3. The Bertz CT molecular complexity index is 433. The molecule has 1 amide bonds. The first-order valence-electron chi connectivity index (χ1n) is 6.36. The van der Waals surface area contributed by atoms with E-state index in [1.165, 1.54) is 0 Å². The summed E-state index contributed by atoms with van der Waals surface area (Å²) in [5.74, 6) is -0.0570. The van der Waals surface area contributed by atoms with E-state index in [0.29, 0.717) is 18.5 Å². The number of rotatable bonds is 2. The summed E-state index contributed by atoms with van der Waals surface area (Å²) in [6.45, 7) is 2.72. The molecule has 1 aliphatic heterocycles. The molecule has 0 radical (unpaired) electrons. The van der Waals surface area contributed by atoms with E-state index in [1.807, 2.05) is 31.2 Å². The SMILES string of the molecule is CCc1ccccc1C(=O)N1CC[C@H](O)[C@@H](O)C1. The minimum absolute atomic E-state index is 0.0570. The molecule has 1 aromatic rings. The summed E-state index contributed by atoms with van der Waals surface area (Å²) in [5, 5.41) is 19.1. The third-order valence-electron chi connectivity index (χ3n) is 3.46. The van der Waals surface area contributed by atoms with Gasteiger partial charge in [0, 0.05) is 18.7 Å². The summed E-state index contributed by atoms with van der Waals surface area (Å²) < 4.78 is 0. The zero-order valence-electron chi connectivity index (χ0n) is 10.5. The fourth-order valence-electron chi connectivity index (χ4n) is 2.31. The van der Waals surface area contributed by atoms with Gasteiger partial charge in [0.1, 0.15) is 0 Å². The molecule has 98 valence electrons. The Balaban J connectivity index is 2.16. The Morgan fingerprint density at radius 2 is 2.06 bits per heavy atom. The molecule has 0 aliphatic carbocycles. The minimum atomic E-state index is -0.837. The van der Waals surface area contributed by atoms with Gasteiger partial charge in [-0.25, -0.2) is 0 Å². The van der Waals surface area contributed by atoms with E-state index in [4.69, 9.17) is 0 Å². The van der Waals surface area contributed by atoms with Crippen molar-refractivity contribution in [2.75, 3.05) is 13.1 Å². The van der Waals surface area contributed by atoms with Crippen LogP contribution in [0.1, 0.15) is 29.3 Å². The maximum absolute atomic E-state index is 12.4. The van der Waals surface area contributed by atoms with Crippen LogP contribution >= 0.6 is 0 Å². The van der Waals surface area contributed by atoms with Crippen LogP contribution in [0.4, 0.5) is 0 Å². The number of aliphatic hydroxyl groups is 2. The van der Waals surface area contributed by atoms with Crippen molar-refractivity contribution in [3.63, 3.8) is 0 Å². The Morgan fingerprint density at radius 3 is 2.72 bits per heavy atom. The van der Waals surface area contributed by atoms with Gasteiger partial charge in [-0.15, -0.1) is 0 Å². The number of carbonyl (C=O) groups is 1. The third-order valence-corrected chi connectivity index (χ3v) is 3.46. The van der Waals surface area contributed by atoms with Crippen LogP contribution in [0.2, 0.25) is 0 Å². The normalized spacial score (nSPS) is 24.1. The first-order chi connectivity index (χ1) is 8.63. The van der Waals surface area contributed by atoms with Gasteiger partial charge in [-0.05, 0) is 24.5 Å². The zero-order chi connectivity index (χ0) is 13.1. The fraction of sp³-hybridized carbons (Fsp3) is 0.500. The summed E-state index contributed by atoms with van der Waals surface area (Å²) in [7, 11) is 0. The second-order valence-corrected chi connectivity index (χ2v) is 4.69. The molecule has 2 N–H and O–H groups in total. The maximum atomic E-state index is 12.4. The Kier molecular flexibility index (Phi) is 3.99. The average molecular weight is 249 g/mol. The molecule has 0 spiro atoms. The van der Waals surface area contributed by atoms with Gasteiger partial charge >= 0.3 is 0 Å². The lowest BCUT2D eigenvalue weighted by atomic mass is 10.0. The fourth-order valence-corrected chi connectivity index (χ4v) is 2.31. The van der Waals surface area contributed by atoms with Crippen molar-refractivity contribution in [2.24, 2.45) is 0 Å². The van der Waals surface area contributed by atoms with Gasteiger partial charge in [-0.3, -0.25) is 4.79 Å². The molecule has 1 aliphatic rings. The maximum Gasteiger partial charge on any atom is 0.254 e. The van der Waals surface area contributed by atoms with Gasteiger partial charge in [-0.2, -0.15) is 0 Å². The molecule has 0 bridgehead atoms. The molecule has 0 aromatic heterocycles. The van der Waals surface area contributed by atoms with Crippen molar-refractivity contribution < 1.29 is 15.0 Å². The van der Waals surface area contributed by atoms with Gasteiger partial charge in [0.05, 0.1) is 12.2 Å². The van der Waals surface area contributed by atoms with Crippen LogP contribution in [0.15, 0.2) is 24.3 Å². The second kappa shape index (κ2) is 5.50. The largest absolute Gasteiger partial charge is 0.390 e. The van der Waals surface area contributed by atoms with Crippen LogP contribution in [0.25, 0.3) is 0 Å². The molecular formula is C14H19NO3. The van der Waals surface area contributed by atoms with Gasteiger partial charge in [0.25, 0.3) is 5.91 Å². The van der Waals surface area contributed by atoms with E-state index in [0.717, 1.165) is 12.0 Å². The third kappa shape index (κ3) is 2.54. The van der Waals surface area contributed by atoms with Crippen molar-refractivity contribution in [1.82, 2.24) is 4.90 Å². The lowest BCUT2D eigenvalue weighted by Crippen LogP contribution is -2.49. The summed E-state index contributed by atoms with van der Waals surface area (Å²) in [4.78, 5) is 14.0. The van der Waals surface area contributed by atoms with Gasteiger partial charge < -0.3 is 15.1 Å². The molecule has 1 heterocycles. The molecule has 4 nitrogen and oxygen atoms in total. The number of likely N-dealkylation sites (tertiary alicyclic amines) is 1. The molecule has 18 heavy (non-hydrogen) atoms. The number of hydrogen-bond donors (Lipinski definition) is 2. The average Bonchev–Trinajstić information content (AvgIpc) is 2.41. The van der Waals surface area contributed by atoms with Gasteiger partial charge in [0.2, 0.25) is 0 Å². The van der Waals surface area contributed by atoms with Crippen molar-refractivity contribution >= 4 is 5.91 Å². The van der Waals surface area contributed by atoms with Crippen LogP contribution < -0.4 is 0 Å². The summed E-state index contributed by atoms with van der Waals surface area (Å²) in [6.07, 6.45) is -0.311. The van der Waals surface area contributed by atoms with E-state index in [2.05, 4.69) is 0 Å². The Hall–Kier alpha value is -1.39. The van der Waals surface area contributed by atoms with Crippen LogP contribution in [0, 0.1) is 0 Å². The number of amides is 1. The van der Waals surface area contributed by atoms with Crippen molar-refractivity contribution in [2.45, 2.75) is 32.0 Å². The number of β-amino-alcohol motifs (C(OH)–C–C–N with tert-alkyl or cyclic N) is 1. The standard InChI is InChI=1S/C14H19NO3/c1-2-10-5-3-4-6-11(10)14(18)15-8-7-12(16)13(17)9-15/h3-6,12-13,16-17H,2,7-9H2,1H3/t12-,13-/m0/s1. The lowest BCUT2D eigenvalue weighted by molar-refractivity contribution is -0.0321. The molecule has 4 heteroatoms. The molecule has 0 saturated carbocycles. The summed E-state index contributed by atoms with van der Waals surface area (Å²) >= 11 is 0. The Morgan fingerprint density at radius 1 is 1.33 bits per heavy atom. The van der Waals surface area contributed by atoms with Crippen LogP contribution in [-0.4, -0.2) is 46.3 Å². The van der Waals surface area contributed by atoms with E-state index < -0.39 is 12.2 Å². The number of carbonyl (C=O) groups excluding carboxylic acids is 1. The molecule has 2 rings (SSSR count). The number of nitrogens with zero attached hydrogens (tertiary/aromatic N) is 1. The molecule has 1 fully saturated rings. The predicted molar refractivity (Wildman–Crippen MR) is 68.4 cm³/mol. The topological polar surface area (TPSA) is 60.8 Å². The minimum Gasteiger partial charge on any atom is -0.390 e. The highest BCUT2D eigenvalue weighted by Crippen LogP contribution is 2.17. The highest BCUT2D eigenvalue weighted by atomic mass is 16.3. The molecule has 0 unspecified atom stereocenters. The van der Waals surface area contributed by atoms with Crippen molar-refractivity contribution in [1.29, 1.82) is 0 Å². The van der Waals surface area contributed by atoms with E-state index in [9.17, 15) is 15.0 Å². The summed E-state index contributed by atoms with van der Waals surface area (Å²) in [6, 6.07) is 7.53. The number of aryl methyl sites for hydroxylation is 1. The van der Waals surface area contributed by atoms with Crippen molar-refractivity contribution in [3.8, 4) is 0 Å². The van der Waals surface area contributed by atoms with Gasteiger partial charge in [0.15, 0.2) is 0 Å². The lowest BCUT2D eigenvalue weighted by Gasteiger charge is -2.33. The first kappa shape index (κ1) is 13.1. The first-order valence-corrected chi connectivity index (χ1v) is 6.36. The number of aliphatic hydroxyl groups excluding tert-OH is 2. The Labute approximate surface area is 107 Å². The highest BCUT2D eigenvalue weighted by Gasteiger charge is 2.29. The molecule has 2 atom stereocenters. The van der Waals surface area contributed by atoms with E-state index >= 15 is 0 Å². The summed E-state index contributed by atoms with van der Waals surface area (Å²) in [5.41, 5.74) is 1.71. The van der Waals surface area contributed by atoms with Crippen LogP contribution in [0.3, 0.4) is 0 Å². The highest BCUT2D eigenvalue weighted by molar-refractivity contribution is 5.95. The predicted octanol–water partition coefficient (Wildman–Crippen LogP) is 0.817. The molecular weight excluding hydrogens is 230 g/mol. The number of benzene rings is 1.